The Morgan fingerprint density at radius 2 is 2.27 bits per heavy atom. The van der Waals surface area contributed by atoms with Crippen molar-refractivity contribution in [2.75, 3.05) is 25.4 Å². The van der Waals surface area contributed by atoms with Crippen LogP contribution >= 0.6 is 11.8 Å². The Kier molecular flexibility index (Phi) is 4.57. The molecule has 22 heavy (non-hydrogen) atoms. The van der Waals surface area contributed by atoms with Gasteiger partial charge in [0.1, 0.15) is 12.4 Å². The Morgan fingerprint density at radius 3 is 3.05 bits per heavy atom. The number of benzene rings is 1. The molecule has 0 aliphatic carbocycles. The lowest BCUT2D eigenvalue weighted by molar-refractivity contribution is 0.160. The molecule has 116 valence electrons. The summed E-state index contributed by atoms with van der Waals surface area (Å²) in [6.45, 7) is 1.64. The molecule has 2 aromatic rings. The second-order valence-corrected chi connectivity index (χ2v) is 5.76. The second kappa shape index (κ2) is 6.78. The Bertz CT molecular complexity index is 664. The zero-order valence-electron chi connectivity index (χ0n) is 11.7. The Hall–Kier alpha value is -2.09. The van der Waals surface area contributed by atoms with E-state index < -0.39 is 0 Å². The van der Waals surface area contributed by atoms with E-state index in [0.717, 1.165) is 5.56 Å². The molecule has 1 aromatic heterocycles. The highest BCUT2D eigenvalue weighted by atomic mass is 32.2. The van der Waals surface area contributed by atoms with Crippen LogP contribution in [0.25, 0.3) is 0 Å². The maximum atomic E-state index is 13.1. The van der Waals surface area contributed by atoms with Crippen LogP contribution in [0, 0.1) is 5.82 Å². The molecule has 0 radical (unpaired) electrons. The summed E-state index contributed by atoms with van der Waals surface area (Å²) in [6.07, 6.45) is 0.113. The Balaban J connectivity index is 1.49. The number of cyclic esters (lactones) is 1. The smallest absolute Gasteiger partial charge is 0.409 e. The average molecular weight is 323 g/mol. The van der Waals surface area contributed by atoms with E-state index in [9.17, 15) is 9.18 Å². The zero-order chi connectivity index (χ0) is 15.4. The fourth-order valence-electron chi connectivity index (χ4n) is 2.06. The number of hydrogen-bond donors (Lipinski definition) is 0. The third-order valence-corrected chi connectivity index (χ3v) is 3.92. The monoisotopic (exact) mass is 323 g/mol. The SMILES string of the molecule is O=C1OCCN1CCSc1nnc(Cc2cccc(F)c2)o1. The molecule has 2 heterocycles. The number of carbonyl (C=O) groups excluding carboxylic acids is 1. The lowest BCUT2D eigenvalue weighted by atomic mass is 10.1. The van der Waals surface area contributed by atoms with Crippen molar-refractivity contribution in [1.29, 1.82) is 0 Å². The van der Waals surface area contributed by atoms with Crippen LogP contribution in [0.3, 0.4) is 0 Å². The molecule has 1 amide bonds. The van der Waals surface area contributed by atoms with Crippen molar-refractivity contribution in [3.05, 3.63) is 41.5 Å². The summed E-state index contributed by atoms with van der Waals surface area (Å²) in [6, 6.07) is 6.28. The largest absolute Gasteiger partial charge is 0.448 e. The van der Waals surface area contributed by atoms with Gasteiger partial charge in [-0.2, -0.15) is 0 Å². The van der Waals surface area contributed by atoms with Gasteiger partial charge in [-0.1, -0.05) is 23.9 Å². The van der Waals surface area contributed by atoms with Crippen molar-refractivity contribution >= 4 is 17.9 Å². The summed E-state index contributed by atoms with van der Waals surface area (Å²) in [7, 11) is 0. The summed E-state index contributed by atoms with van der Waals surface area (Å²) in [5, 5.41) is 8.32. The van der Waals surface area contributed by atoms with Gasteiger partial charge in [0.05, 0.1) is 13.0 Å². The van der Waals surface area contributed by atoms with Gasteiger partial charge in [0.25, 0.3) is 5.22 Å². The molecule has 1 aliphatic heterocycles. The van der Waals surface area contributed by atoms with Crippen molar-refractivity contribution in [2.24, 2.45) is 0 Å². The first-order valence-corrected chi connectivity index (χ1v) is 7.80. The summed E-state index contributed by atoms with van der Waals surface area (Å²) in [5.41, 5.74) is 0.778. The molecule has 6 nitrogen and oxygen atoms in total. The van der Waals surface area contributed by atoms with Crippen LogP contribution in [0.4, 0.5) is 9.18 Å². The molecule has 0 spiro atoms. The third kappa shape index (κ3) is 3.76. The maximum Gasteiger partial charge on any atom is 0.409 e. The number of thioether (sulfide) groups is 1. The van der Waals surface area contributed by atoms with E-state index in [1.807, 2.05) is 0 Å². The second-order valence-electron chi connectivity index (χ2n) is 4.72. The summed E-state index contributed by atoms with van der Waals surface area (Å²) in [4.78, 5) is 12.9. The van der Waals surface area contributed by atoms with Crippen LogP contribution in [-0.4, -0.2) is 46.6 Å². The van der Waals surface area contributed by atoms with Crippen molar-refractivity contribution in [3.63, 3.8) is 0 Å². The van der Waals surface area contributed by atoms with E-state index in [0.29, 0.717) is 43.0 Å². The quantitative estimate of drug-likeness (QED) is 0.760. The predicted molar refractivity (Wildman–Crippen MR) is 77.1 cm³/mol. The van der Waals surface area contributed by atoms with Crippen LogP contribution < -0.4 is 0 Å². The number of ether oxygens (including phenoxy) is 1. The Morgan fingerprint density at radius 1 is 1.36 bits per heavy atom. The molecule has 1 saturated heterocycles. The van der Waals surface area contributed by atoms with Crippen LogP contribution in [0.2, 0.25) is 0 Å². The van der Waals surface area contributed by atoms with E-state index >= 15 is 0 Å². The summed E-state index contributed by atoms with van der Waals surface area (Å²) in [5.74, 6) is 0.800. The number of carbonyl (C=O) groups is 1. The number of hydrogen-bond acceptors (Lipinski definition) is 6. The highest BCUT2D eigenvalue weighted by Crippen LogP contribution is 2.18. The lowest BCUT2D eigenvalue weighted by Gasteiger charge is -2.10. The highest BCUT2D eigenvalue weighted by Gasteiger charge is 2.21. The minimum Gasteiger partial charge on any atom is -0.448 e. The molecule has 0 saturated carbocycles. The number of aromatic nitrogens is 2. The number of halogens is 1. The van der Waals surface area contributed by atoms with E-state index in [1.165, 1.54) is 23.9 Å². The first-order valence-electron chi connectivity index (χ1n) is 6.82. The van der Waals surface area contributed by atoms with Crippen LogP contribution in [0.5, 0.6) is 0 Å². The minimum absolute atomic E-state index is 0.280. The minimum atomic E-state index is -0.288. The van der Waals surface area contributed by atoms with Crippen LogP contribution in [0.15, 0.2) is 33.9 Å². The molecule has 3 rings (SSSR count). The van der Waals surface area contributed by atoms with Crippen LogP contribution in [-0.2, 0) is 11.2 Å². The predicted octanol–water partition coefficient (Wildman–Crippen LogP) is 2.34. The van der Waals surface area contributed by atoms with Gasteiger partial charge in [-0.15, -0.1) is 10.2 Å². The average Bonchev–Trinajstić information content (AvgIpc) is 3.09. The van der Waals surface area contributed by atoms with E-state index in [4.69, 9.17) is 9.15 Å². The van der Waals surface area contributed by atoms with E-state index in [1.54, 1.807) is 17.0 Å². The van der Waals surface area contributed by atoms with Gasteiger partial charge < -0.3 is 14.1 Å². The summed E-state index contributed by atoms with van der Waals surface area (Å²) >= 11 is 1.38. The zero-order valence-corrected chi connectivity index (χ0v) is 12.5. The highest BCUT2D eigenvalue weighted by molar-refractivity contribution is 7.99. The van der Waals surface area contributed by atoms with Gasteiger partial charge in [-0.3, -0.25) is 0 Å². The van der Waals surface area contributed by atoms with Gasteiger partial charge in [-0.25, -0.2) is 9.18 Å². The number of rotatable bonds is 6. The van der Waals surface area contributed by atoms with Gasteiger partial charge in [0.15, 0.2) is 0 Å². The fourth-order valence-corrected chi connectivity index (χ4v) is 2.80. The van der Waals surface area contributed by atoms with Gasteiger partial charge in [0, 0.05) is 12.3 Å². The Labute approximate surface area is 130 Å². The van der Waals surface area contributed by atoms with Crippen molar-refractivity contribution in [3.8, 4) is 0 Å². The van der Waals surface area contributed by atoms with Crippen LogP contribution in [0.1, 0.15) is 11.5 Å². The van der Waals surface area contributed by atoms with Gasteiger partial charge in [-0.05, 0) is 17.7 Å². The molecule has 1 aliphatic rings. The lowest BCUT2D eigenvalue weighted by Crippen LogP contribution is -2.26. The molecular weight excluding hydrogens is 309 g/mol. The topological polar surface area (TPSA) is 68.5 Å². The molecule has 0 N–H and O–H groups in total. The first-order chi connectivity index (χ1) is 10.7. The molecule has 1 aromatic carbocycles. The summed E-state index contributed by atoms with van der Waals surface area (Å²) < 4.78 is 23.5. The normalized spacial score (nSPS) is 14.4. The van der Waals surface area contributed by atoms with Crippen molar-refractivity contribution < 1.29 is 18.3 Å². The maximum absolute atomic E-state index is 13.1. The molecular formula is C14H14FN3O3S. The van der Waals surface area contributed by atoms with Gasteiger partial charge >= 0.3 is 6.09 Å². The molecule has 0 atom stereocenters. The standard InChI is InChI=1S/C14H14FN3O3S/c15-11-3-1-2-10(8-11)9-12-16-17-13(21-12)22-7-5-18-4-6-20-14(18)19/h1-3,8H,4-7,9H2. The molecule has 0 bridgehead atoms. The molecule has 8 heteroatoms. The van der Waals surface area contributed by atoms with Crippen molar-refractivity contribution in [1.82, 2.24) is 15.1 Å². The fraction of sp³-hybridized carbons (Fsp3) is 0.357. The van der Waals surface area contributed by atoms with E-state index in [-0.39, 0.29) is 11.9 Å². The van der Waals surface area contributed by atoms with Gasteiger partial charge in [0.2, 0.25) is 5.89 Å². The molecule has 1 fully saturated rings. The van der Waals surface area contributed by atoms with Crippen molar-refractivity contribution in [2.45, 2.75) is 11.6 Å². The van der Waals surface area contributed by atoms with E-state index in [2.05, 4.69) is 10.2 Å². The third-order valence-electron chi connectivity index (χ3n) is 3.12. The number of amides is 1. The first kappa shape index (κ1) is 14.8. The number of nitrogens with zero attached hydrogens (tertiary/aromatic N) is 3. The molecule has 0 unspecified atom stereocenters.